The Morgan fingerprint density at radius 3 is 1.88 bits per heavy atom. The number of aryl methyl sites for hydroxylation is 1. The van der Waals surface area contributed by atoms with Gasteiger partial charge in [0.2, 0.25) is 0 Å². The van der Waals surface area contributed by atoms with Crippen LogP contribution in [-0.2, 0) is 18.1 Å². The Morgan fingerprint density at radius 1 is 0.471 bits per heavy atom. The van der Waals surface area contributed by atoms with Gasteiger partial charge >= 0.3 is 11.3 Å². The van der Waals surface area contributed by atoms with Gasteiger partial charge in [-0.15, -0.1) is 0 Å². The first-order chi connectivity index (χ1) is 25.3. The molecule has 4 heteroatoms. The number of para-hydroxylation sites is 5. The van der Waals surface area contributed by atoms with Crippen LogP contribution in [0.4, 0.5) is 0 Å². The number of pyridine rings is 1. The molecule has 0 bridgehead atoms. The van der Waals surface area contributed by atoms with E-state index in [-0.39, 0.29) is 0 Å². The number of imidazole rings is 2. The fraction of sp³-hybridized carbons (Fsp3) is 0.0638. The molecule has 51 heavy (non-hydrogen) atoms. The van der Waals surface area contributed by atoms with Crippen molar-refractivity contribution in [3.8, 4) is 22.5 Å². The molecule has 0 saturated carbocycles. The van der Waals surface area contributed by atoms with Gasteiger partial charge in [0.15, 0.2) is 22.1 Å². The van der Waals surface area contributed by atoms with Crippen LogP contribution in [0, 0.1) is 0 Å². The SMILES string of the molecule is C[n+]1c2n(c3ccccc31)C13c4c-2cccc4C2(c4ccccc4-c4ccccc42)c2ccc4c5ccccc5n5c6ccccc6[n+]1c5c4c23. The third-order valence-corrected chi connectivity index (χ3v) is 13.1. The van der Waals surface area contributed by atoms with Crippen LogP contribution in [0.5, 0.6) is 0 Å². The first-order valence-corrected chi connectivity index (χ1v) is 17.9. The van der Waals surface area contributed by atoms with Crippen LogP contribution in [0.15, 0.2) is 152 Å². The third kappa shape index (κ3) is 2.32. The quantitative estimate of drug-likeness (QED) is 0.116. The van der Waals surface area contributed by atoms with E-state index in [1.54, 1.807) is 0 Å². The number of rotatable bonds is 0. The lowest BCUT2D eigenvalue weighted by molar-refractivity contribution is -0.699. The van der Waals surface area contributed by atoms with Gasteiger partial charge in [-0.1, -0.05) is 115 Å². The van der Waals surface area contributed by atoms with Crippen molar-refractivity contribution in [1.29, 1.82) is 0 Å². The molecule has 4 aliphatic rings. The van der Waals surface area contributed by atoms with Crippen LogP contribution in [0.25, 0.3) is 71.9 Å². The van der Waals surface area contributed by atoms with Crippen molar-refractivity contribution in [1.82, 2.24) is 8.97 Å². The maximum absolute atomic E-state index is 2.74. The maximum atomic E-state index is 2.74. The second-order valence-corrected chi connectivity index (χ2v) is 14.9. The van der Waals surface area contributed by atoms with Crippen LogP contribution in [0.3, 0.4) is 0 Å². The van der Waals surface area contributed by atoms with Crippen LogP contribution in [0.1, 0.15) is 33.4 Å². The van der Waals surface area contributed by atoms with Gasteiger partial charge < -0.3 is 0 Å². The number of hydrogen-bond acceptors (Lipinski definition) is 0. The lowest BCUT2D eigenvalue weighted by atomic mass is 9.58. The van der Waals surface area contributed by atoms with Crippen LogP contribution < -0.4 is 9.13 Å². The van der Waals surface area contributed by atoms with Gasteiger partial charge in [-0.05, 0) is 69.8 Å². The predicted octanol–water partition coefficient (Wildman–Crippen LogP) is 8.73. The van der Waals surface area contributed by atoms with Gasteiger partial charge in [-0.25, -0.2) is 4.57 Å². The molecule has 2 spiro atoms. The van der Waals surface area contributed by atoms with Gasteiger partial charge in [-0.2, -0.15) is 13.5 Å². The van der Waals surface area contributed by atoms with Crippen molar-refractivity contribution in [2.24, 2.45) is 7.05 Å². The summed E-state index contributed by atoms with van der Waals surface area (Å²) in [7, 11) is 2.26. The molecule has 2 aliphatic heterocycles. The molecular weight excluding hydrogens is 621 g/mol. The molecule has 0 amide bonds. The minimum Gasteiger partial charge on any atom is -0.225 e. The Kier molecular flexibility index (Phi) is 3.96. The molecular formula is C47H28N4+2. The summed E-state index contributed by atoms with van der Waals surface area (Å²) in [5.74, 6) is 1.25. The summed E-state index contributed by atoms with van der Waals surface area (Å²) in [5.41, 5.74) is 18.7. The Hall–Kier alpha value is -6.52. The van der Waals surface area contributed by atoms with Crippen LogP contribution in [-0.4, -0.2) is 8.97 Å². The van der Waals surface area contributed by atoms with Crippen molar-refractivity contribution in [2.45, 2.75) is 11.1 Å². The van der Waals surface area contributed by atoms with E-state index in [1.807, 2.05) is 0 Å². The summed E-state index contributed by atoms with van der Waals surface area (Å²) in [4.78, 5) is 0. The molecule has 1 atom stereocenters. The fourth-order valence-electron chi connectivity index (χ4n) is 11.6. The van der Waals surface area contributed by atoms with Gasteiger partial charge in [-0.3, -0.25) is 0 Å². The molecule has 0 fully saturated rings. The van der Waals surface area contributed by atoms with Crippen molar-refractivity contribution >= 4 is 49.4 Å². The normalized spacial score (nSPS) is 17.7. The molecule has 7 aromatic carbocycles. The molecule has 0 saturated heterocycles. The minimum atomic E-state index is -0.650. The lowest BCUT2D eigenvalue weighted by Gasteiger charge is -2.43. The smallest absolute Gasteiger partial charge is 0.225 e. The van der Waals surface area contributed by atoms with Gasteiger partial charge in [0.05, 0.1) is 34.5 Å². The van der Waals surface area contributed by atoms with Crippen molar-refractivity contribution in [2.75, 3.05) is 0 Å². The van der Waals surface area contributed by atoms with E-state index in [9.17, 15) is 0 Å². The minimum absolute atomic E-state index is 0.480. The average Bonchev–Trinajstić information content (AvgIpc) is 3.95. The number of benzene rings is 7. The van der Waals surface area contributed by atoms with Crippen molar-refractivity contribution < 1.29 is 9.13 Å². The molecule has 10 aromatic rings. The predicted molar refractivity (Wildman–Crippen MR) is 201 cm³/mol. The summed E-state index contributed by atoms with van der Waals surface area (Å²) in [6, 6.07) is 57.6. The molecule has 3 aromatic heterocycles. The number of fused-ring (bicyclic) bond motifs is 17. The molecule has 2 aliphatic carbocycles. The summed E-state index contributed by atoms with van der Waals surface area (Å²) >= 11 is 0. The zero-order valence-corrected chi connectivity index (χ0v) is 27.7. The van der Waals surface area contributed by atoms with Gasteiger partial charge in [0.25, 0.3) is 5.82 Å². The Morgan fingerprint density at radius 2 is 1.08 bits per heavy atom. The highest BCUT2D eigenvalue weighted by atomic mass is 15.4. The fourth-order valence-corrected chi connectivity index (χ4v) is 11.6. The zero-order chi connectivity index (χ0) is 33.0. The largest absolute Gasteiger partial charge is 0.309 e. The van der Waals surface area contributed by atoms with E-state index in [4.69, 9.17) is 0 Å². The second-order valence-electron chi connectivity index (χ2n) is 14.9. The summed E-state index contributed by atoms with van der Waals surface area (Å²) in [6.07, 6.45) is 0. The van der Waals surface area contributed by atoms with E-state index in [0.717, 1.165) is 0 Å². The molecule has 5 heterocycles. The molecule has 1 unspecified atom stereocenters. The molecule has 4 nitrogen and oxygen atoms in total. The van der Waals surface area contributed by atoms with E-state index in [2.05, 4.69) is 177 Å². The van der Waals surface area contributed by atoms with Gasteiger partial charge in [0.1, 0.15) is 5.52 Å². The number of hydrogen-bond donors (Lipinski definition) is 0. The first-order valence-electron chi connectivity index (χ1n) is 17.9. The second kappa shape index (κ2) is 7.93. The van der Waals surface area contributed by atoms with Gasteiger partial charge in [0, 0.05) is 10.8 Å². The summed E-state index contributed by atoms with van der Waals surface area (Å²) in [6.45, 7) is 0. The monoisotopic (exact) mass is 648 g/mol. The molecule has 234 valence electrons. The van der Waals surface area contributed by atoms with Crippen molar-refractivity contribution in [3.63, 3.8) is 0 Å². The van der Waals surface area contributed by atoms with E-state index >= 15 is 0 Å². The van der Waals surface area contributed by atoms with E-state index in [0.29, 0.717) is 0 Å². The zero-order valence-electron chi connectivity index (χ0n) is 27.7. The number of aromatic nitrogens is 4. The topological polar surface area (TPSA) is 17.1 Å². The molecule has 14 rings (SSSR count). The summed E-state index contributed by atoms with van der Waals surface area (Å²) in [5, 5.41) is 3.96. The van der Waals surface area contributed by atoms with E-state index in [1.165, 1.54) is 105 Å². The maximum Gasteiger partial charge on any atom is 0.309 e. The highest BCUT2D eigenvalue weighted by Crippen LogP contribution is 2.67. The lowest BCUT2D eigenvalue weighted by Crippen LogP contribution is -2.61. The summed E-state index contributed by atoms with van der Waals surface area (Å²) < 4.78 is 10.5. The third-order valence-electron chi connectivity index (χ3n) is 13.1. The van der Waals surface area contributed by atoms with Crippen LogP contribution >= 0.6 is 0 Å². The van der Waals surface area contributed by atoms with Crippen molar-refractivity contribution in [3.05, 3.63) is 185 Å². The number of nitrogens with zero attached hydrogens (tertiary/aromatic N) is 4. The Balaban J connectivity index is 1.36. The highest BCUT2D eigenvalue weighted by molar-refractivity contribution is 6.16. The standard InChI is InChI=1S/C47H28N4/c1-48-37-21-8-10-23-39(37)50-44(48)31-16-12-19-34-42(31)47(50)43-35(46(34)32-17-5-2-13-27(32)28-14-3-6-18-33(28)46)26-25-30-29-15-4-7-20-36(29)49-38-22-9-11-24-40(38)51(47)45(49)41(30)43/h2-26H,1H3/q+2. The molecule has 0 radical (unpaired) electrons. The Labute approximate surface area is 292 Å². The van der Waals surface area contributed by atoms with E-state index < -0.39 is 11.1 Å². The Bertz CT molecular complexity index is 3290. The first kappa shape index (κ1) is 25.5. The highest BCUT2D eigenvalue weighted by Gasteiger charge is 2.71. The average molecular weight is 649 g/mol. The molecule has 0 N–H and O–H groups in total. The van der Waals surface area contributed by atoms with Crippen LogP contribution in [0.2, 0.25) is 0 Å².